The van der Waals surface area contributed by atoms with Crippen LogP contribution in [0.5, 0.6) is 0 Å². The summed E-state index contributed by atoms with van der Waals surface area (Å²) < 4.78 is 13.6. The Hall–Kier alpha value is -0.120. The molecule has 2 N–H and O–H groups in total. The van der Waals surface area contributed by atoms with Gasteiger partial charge >= 0.3 is 0 Å². The second-order valence-corrected chi connectivity index (χ2v) is 3.20. The van der Waals surface area contributed by atoms with Gasteiger partial charge in [0.15, 0.2) is 0 Å². The number of rotatable bonds is 1. The van der Waals surface area contributed by atoms with Gasteiger partial charge in [-0.25, -0.2) is 4.39 Å². The average Bonchev–Trinajstić information content (AvgIpc) is 2.01. The first kappa shape index (κ1) is 11.9. The van der Waals surface area contributed by atoms with Gasteiger partial charge in [-0.3, -0.25) is 0 Å². The van der Waals surface area contributed by atoms with Crippen LogP contribution >= 0.6 is 28.3 Å². The van der Waals surface area contributed by atoms with E-state index in [0.717, 1.165) is 5.56 Å². The molecule has 0 atom stereocenters. The molecule has 1 aromatic rings. The first-order valence-electron chi connectivity index (χ1n) is 3.30. The average molecular weight is 255 g/mol. The fraction of sp³-hybridized carbons (Fsp3) is 0.250. The summed E-state index contributed by atoms with van der Waals surface area (Å²) >= 11 is 3.09. The van der Waals surface area contributed by atoms with Crippen LogP contribution in [0.4, 0.5) is 4.39 Å². The zero-order valence-electron chi connectivity index (χ0n) is 6.60. The Balaban J connectivity index is 0.00000121. The first-order chi connectivity index (χ1) is 5.16. The topological polar surface area (TPSA) is 26.0 Å². The second kappa shape index (κ2) is 4.80. The second-order valence-electron chi connectivity index (χ2n) is 2.35. The minimum Gasteiger partial charge on any atom is -0.326 e. The monoisotopic (exact) mass is 253 g/mol. The van der Waals surface area contributed by atoms with E-state index in [0.29, 0.717) is 16.6 Å². The first-order valence-corrected chi connectivity index (χ1v) is 4.09. The van der Waals surface area contributed by atoms with Gasteiger partial charge in [-0.15, -0.1) is 12.4 Å². The number of hydrogen-bond donors (Lipinski definition) is 1. The van der Waals surface area contributed by atoms with E-state index in [-0.39, 0.29) is 18.2 Å². The van der Waals surface area contributed by atoms with Crippen molar-refractivity contribution in [1.82, 2.24) is 0 Å². The summed E-state index contributed by atoms with van der Waals surface area (Å²) in [4.78, 5) is 0. The van der Waals surface area contributed by atoms with Gasteiger partial charge in [0, 0.05) is 6.54 Å². The van der Waals surface area contributed by atoms with E-state index in [1.807, 2.05) is 6.07 Å². The fourth-order valence-corrected chi connectivity index (χ4v) is 1.34. The van der Waals surface area contributed by atoms with Crippen molar-refractivity contribution in [2.45, 2.75) is 13.5 Å². The van der Waals surface area contributed by atoms with Gasteiger partial charge in [0.05, 0.1) is 4.47 Å². The predicted octanol–water partition coefficient (Wildman–Crippen LogP) is 2.78. The molecule has 0 amide bonds. The molecule has 0 aliphatic rings. The minimum atomic E-state index is -0.215. The van der Waals surface area contributed by atoms with Crippen LogP contribution in [0.25, 0.3) is 0 Å². The fourth-order valence-electron chi connectivity index (χ4n) is 0.913. The van der Waals surface area contributed by atoms with Crippen LogP contribution in [0.15, 0.2) is 16.6 Å². The van der Waals surface area contributed by atoms with Crippen molar-refractivity contribution in [1.29, 1.82) is 0 Å². The van der Waals surface area contributed by atoms with Crippen LogP contribution in [-0.2, 0) is 6.54 Å². The summed E-state index contributed by atoms with van der Waals surface area (Å²) in [6.45, 7) is 2.11. The van der Waals surface area contributed by atoms with Gasteiger partial charge in [0.1, 0.15) is 5.82 Å². The van der Waals surface area contributed by atoms with Gasteiger partial charge in [-0.05, 0) is 40.0 Å². The standard InChI is InChI=1S/C8H9BrFN.ClH/c1-5-6(4-11)2-3-7(9)8(5)10;/h2-3H,4,11H2,1H3;1H. The lowest BCUT2D eigenvalue weighted by Crippen LogP contribution is -2.00. The van der Waals surface area contributed by atoms with Crippen molar-refractivity contribution in [3.05, 3.63) is 33.5 Å². The lowest BCUT2D eigenvalue weighted by molar-refractivity contribution is 0.608. The van der Waals surface area contributed by atoms with E-state index in [9.17, 15) is 4.39 Å². The third kappa shape index (κ3) is 2.19. The molecule has 0 spiro atoms. The third-order valence-electron chi connectivity index (χ3n) is 1.67. The van der Waals surface area contributed by atoms with Gasteiger partial charge in [-0.1, -0.05) is 6.07 Å². The van der Waals surface area contributed by atoms with Crippen LogP contribution in [0.2, 0.25) is 0 Å². The Morgan fingerprint density at radius 1 is 1.50 bits per heavy atom. The van der Waals surface area contributed by atoms with Crippen molar-refractivity contribution < 1.29 is 4.39 Å². The highest BCUT2D eigenvalue weighted by Crippen LogP contribution is 2.20. The normalized spacial score (nSPS) is 9.33. The van der Waals surface area contributed by atoms with Crippen LogP contribution in [0, 0.1) is 12.7 Å². The molecule has 68 valence electrons. The summed E-state index contributed by atoms with van der Waals surface area (Å²) in [6.07, 6.45) is 0. The van der Waals surface area contributed by atoms with E-state index in [2.05, 4.69) is 15.9 Å². The van der Waals surface area contributed by atoms with Gasteiger partial charge in [-0.2, -0.15) is 0 Å². The highest BCUT2D eigenvalue weighted by molar-refractivity contribution is 9.10. The van der Waals surface area contributed by atoms with Crippen molar-refractivity contribution >= 4 is 28.3 Å². The number of benzene rings is 1. The lowest BCUT2D eigenvalue weighted by atomic mass is 10.1. The van der Waals surface area contributed by atoms with Crippen molar-refractivity contribution in [2.24, 2.45) is 5.73 Å². The molecule has 0 saturated carbocycles. The maximum absolute atomic E-state index is 13.1. The maximum atomic E-state index is 13.1. The quantitative estimate of drug-likeness (QED) is 0.819. The zero-order chi connectivity index (χ0) is 8.43. The summed E-state index contributed by atoms with van der Waals surface area (Å²) in [7, 11) is 0. The Morgan fingerprint density at radius 2 is 2.08 bits per heavy atom. The molecule has 1 aromatic carbocycles. The minimum absolute atomic E-state index is 0. The van der Waals surface area contributed by atoms with Crippen LogP contribution in [0.1, 0.15) is 11.1 Å². The predicted molar refractivity (Wildman–Crippen MR) is 54.0 cm³/mol. The SMILES string of the molecule is Cc1c(CN)ccc(Br)c1F.Cl. The third-order valence-corrected chi connectivity index (χ3v) is 2.28. The molecule has 1 rings (SSSR count). The molecule has 1 nitrogen and oxygen atoms in total. The molecule has 0 unspecified atom stereocenters. The number of halogens is 3. The molecule has 0 radical (unpaired) electrons. The Bertz CT molecular complexity index is 278. The molecule has 0 aromatic heterocycles. The van der Waals surface area contributed by atoms with E-state index in [1.54, 1.807) is 13.0 Å². The maximum Gasteiger partial charge on any atom is 0.140 e. The van der Waals surface area contributed by atoms with Crippen molar-refractivity contribution in [3.63, 3.8) is 0 Å². The van der Waals surface area contributed by atoms with Crippen LogP contribution in [0.3, 0.4) is 0 Å². The highest BCUT2D eigenvalue weighted by Gasteiger charge is 2.05. The molecule has 0 saturated heterocycles. The lowest BCUT2D eigenvalue weighted by Gasteiger charge is -2.04. The molecule has 0 fully saturated rings. The summed E-state index contributed by atoms with van der Waals surface area (Å²) in [5.74, 6) is -0.215. The molecule has 0 aliphatic heterocycles. The number of hydrogen-bond acceptors (Lipinski definition) is 1. The summed E-state index contributed by atoms with van der Waals surface area (Å²) in [5.41, 5.74) is 6.87. The van der Waals surface area contributed by atoms with E-state index in [4.69, 9.17) is 5.73 Å². The molecule has 12 heavy (non-hydrogen) atoms. The van der Waals surface area contributed by atoms with Crippen LogP contribution < -0.4 is 5.73 Å². The van der Waals surface area contributed by atoms with E-state index < -0.39 is 0 Å². The van der Waals surface area contributed by atoms with E-state index in [1.165, 1.54) is 0 Å². The summed E-state index contributed by atoms with van der Waals surface area (Å²) in [6, 6.07) is 3.49. The van der Waals surface area contributed by atoms with Gasteiger partial charge in [0.2, 0.25) is 0 Å². The Morgan fingerprint density at radius 3 is 2.58 bits per heavy atom. The molecule has 4 heteroatoms. The highest BCUT2D eigenvalue weighted by atomic mass is 79.9. The molecule has 0 heterocycles. The Labute approximate surface area is 85.7 Å². The Kier molecular flexibility index (Phi) is 4.75. The van der Waals surface area contributed by atoms with Crippen molar-refractivity contribution in [2.75, 3.05) is 0 Å². The smallest absolute Gasteiger partial charge is 0.140 e. The zero-order valence-corrected chi connectivity index (χ0v) is 9.01. The van der Waals surface area contributed by atoms with E-state index >= 15 is 0 Å². The largest absolute Gasteiger partial charge is 0.326 e. The van der Waals surface area contributed by atoms with Gasteiger partial charge in [0.25, 0.3) is 0 Å². The molecule has 0 bridgehead atoms. The summed E-state index contributed by atoms with van der Waals surface area (Å²) in [5, 5.41) is 0. The number of nitrogens with two attached hydrogens (primary N) is 1. The van der Waals surface area contributed by atoms with Crippen molar-refractivity contribution in [3.8, 4) is 0 Å². The van der Waals surface area contributed by atoms with Gasteiger partial charge < -0.3 is 5.73 Å². The van der Waals surface area contributed by atoms with Crippen LogP contribution in [-0.4, -0.2) is 0 Å². The molecular formula is C8H10BrClFN. The molecular weight excluding hydrogens is 244 g/mol. The molecule has 0 aliphatic carbocycles.